The van der Waals surface area contributed by atoms with E-state index in [0.717, 1.165) is 36.1 Å². The van der Waals surface area contributed by atoms with Crippen molar-refractivity contribution in [3.63, 3.8) is 0 Å². The maximum Gasteiger partial charge on any atom is 0.336 e. The van der Waals surface area contributed by atoms with E-state index in [4.69, 9.17) is 4.42 Å². The van der Waals surface area contributed by atoms with Crippen molar-refractivity contribution >= 4 is 11.0 Å². The Bertz CT molecular complexity index is 924. The van der Waals surface area contributed by atoms with Gasteiger partial charge in [-0.05, 0) is 30.0 Å². The first-order chi connectivity index (χ1) is 11.9. The molecule has 5 heteroatoms. The Labute approximate surface area is 147 Å². The van der Waals surface area contributed by atoms with E-state index in [-0.39, 0.29) is 5.63 Å². The fourth-order valence-corrected chi connectivity index (χ4v) is 3.24. The van der Waals surface area contributed by atoms with Crippen molar-refractivity contribution < 1.29 is 4.42 Å². The molecule has 0 radical (unpaired) electrons. The first-order valence-corrected chi connectivity index (χ1v) is 8.64. The fraction of sp³-hybridized carbons (Fsp3) is 0.400. The molecule has 3 rings (SSSR count). The monoisotopic (exact) mass is 339 g/mol. The van der Waals surface area contributed by atoms with Crippen LogP contribution in [0.1, 0.15) is 30.5 Å². The summed E-state index contributed by atoms with van der Waals surface area (Å²) in [7, 11) is 1.93. The normalized spacial score (nSPS) is 11.8. The molecule has 0 bridgehead atoms. The molecule has 2 heterocycles. The maximum atomic E-state index is 11.6. The quantitative estimate of drug-likeness (QED) is 0.645. The maximum absolute atomic E-state index is 11.6. The Morgan fingerprint density at radius 1 is 1.20 bits per heavy atom. The number of nitrogens with zero attached hydrogens (tertiary/aromatic N) is 3. The molecule has 1 aromatic carbocycles. The van der Waals surface area contributed by atoms with Crippen LogP contribution in [0.4, 0.5) is 0 Å². The zero-order chi connectivity index (χ0) is 18.0. The number of aromatic nitrogens is 2. The summed E-state index contributed by atoms with van der Waals surface area (Å²) < 4.78 is 7.21. The van der Waals surface area contributed by atoms with Gasteiger partial charge >= 0.3 is 5.63 Å². The predicted octanol–water partition coefficient (Wildman–Crippen LogP) is 3.49. The van der Waals surface area contributed by atoms with Crippen LogP contribution in [0.15, 0.2) is 45.9 Å². The molecule has 5 nitrogen and oxygen atoms in total. The van der Waals surface area contributed by atoms with Crippen LogP contribution in [0.5, 0.6) is 0 Å². The number of aryl methyl sites for hydroxylation is 2. The highest BCUT2D eigenvalue weighted by molar-refractivity contribution is 5.80. The Balaban J connectivity index is 1.85. The molecule has 0 amide bonds. The number of rotatable bonds is 6. The van der Waals surface area contributed by atoms with E-state index < -0.39 is 0 Å². The van der Waals surface area contributed by atoms with Gasteiger partial charge in [0.1, 0.15) is 5.58 Å². The topological polar surface area (TPSA) is 51.3 Å². The molecule has 0 spiro atoms. The average molecular weight is 339 g/mol. The molecule has 0 atom stereocenters. The van der Waals surface area contributed by atoms with Crippen LogP contribution >= 0.6 is 0 Å². The Hall–Kier alpha value is -2.40. The second kappa shape index (κ2) is 7.23. The minimum absolute atomic E-state index is 0.295. The highest BCUT2D eigenvalue weighted by Gasteiger charge is 2.12. The standard InChI is InChI=1S/C20H25N3O2/c1-14(2)10-23(13-17-9-21-22(4)11-17)12-16-5-6-18-15(3)7-20(24)25-19(18)8-16/h5-9,11,14H,10,12-13H2,1-4H3. The van der Waals surface area contributed by atoms with Crippen molar-refractivity contribution in [1.82, 2.24) is 14.7 Å². The second-order valence-corrected chi connectivity index (χ2v) is 7.16. The van der Waals surface area contributed by atoms with Crippen molar-refractivity contribution in [3.8, 4) is 0 Å². The molecule has 132 valence electrons. The van der Waals surface area contributed by atoms with Crippen LogP contribution in [0.2, 0.25) is 0 Å². The molecule has 0 aliphatic rings. The third-order valence-corrected chi connectivity index (χ3v) is 4.21. The van der Waals surface area contributed by atoms with Gasteiger partial charge in [0.25, 0.3) is 0 Å². The molecule has 0 N–H and O–H groups in total. The SMILES string of the molecule is Cc1cc(=O)oc2cc(CN(Cc3cnn(C)c3)CC(C)C)ccc12. The third-order valence-electron chi connectivity index (χ3n) is 4.21. The van der Waals surface area contributed by atoms with Gasteiger partial charge in [0.05, 0.1) is 6.20 Å². The van der Waals surface area contributed by atoms with Gasteiger partial charge in [0, 0.05) is 49.9 Å². The lowest BCUT2D eigenvalue weighted by Gasteiger charge is -2.24. The number of hydrogen-bond donors (Lipinski definition) is 0. The second-order valence-electron chi connectivity index (χ2n) is 7.16. The van der Waals surface area contributed by atoms with Crippen LogP contribution in [-0.2, 0) is 20.1 Å². The lowest BCUT2D eigenvalue weighted by Crippen LogP contribution is -2.26. The molecule has 0 fully saturated rings. The first-order valence-electron chi connectivity index (χ1n) is 8.64. The van der Waals surface area contributed by atoms with Crippen molar-refractivity contribution in [2.75, 3.05) is 6.54 Å². The van der Waals surface area contributed by atoms with Gasteiger partial charge in [0.15, 0.2) is 0 Å². The molecule has 25 heavy (non-hydrogen) atoms. The highest BCUT2D eigenvalue weighted by Crippen LogP contribution is 2.20. The van der Waals surface area contributed by atoms with Gasteiger partial charge in [-0.25, -0.2) is 4.79 Å². The summed E-state index contributed by atoms with van der Waals surface area (Å²) in [6.07, 6.45) is 3.96. The van der Waals surface area contributed by atoms with E-state index in [0.29, 0.717) is 11.5 Å². The third kappa shape index (κ3) is 4.37. The summed E-state index contributed by atoms with van der Waals surface area (Å²) in [6.45, 7) is 9.03. The van der Waals surface area contributed by atoms with Gasteiger partial charge in [0.2, 0.25) is 0 Å². The van der Waals surface area contributed by atoms with Gasteiger partial charge in [-0.2, -0.15) is 5.10 Å². The van der Waals surface area contributed by atoms with Crippen LogP contribution in [0.25, 0.3) is 11.0 Å². The molecular weight excluding hydrogens is 314 g/mol. The Kier molecular flexibility index (Phi) is 5.04. The van der Waals surface area contributed by atoms with Gasteiger partial charge in [-0.15, -0.1) is 0 Å². The zero-order valence-corrected chi connectivity index (χ0v) is 15.3. The zero-order valence-electron chi connectivity index (χ0n) is 15.3. The van der Waals surface area contributed by atoms with Crippen molar-refractivity contribution in [3.05, 3.63) is 63.8 Å². The van der Waals surface area contributed by atoms with Crippen molar-refractivity contribution in [1.29, 1.82) is 0 Å². The summed E-state index contributed by atoms with van der Waals surface area (Å²) in [5.41, 5.74) is 3.66. The van der Waals surface area contributed by atoms with Gasteiger partial charge < -0.3 is 4.42 Å². The van der Waals surface area contributed by atoms with E-state index in [1.54, 1.807) is 0 Å². The van der Waals surface area contributed by atoms with Crippen LogP contribution in [-0.4, -0.2) is 21.2 Å². The van der Waals surface area contributed by atoms with Crippen molar-refractivity contribution in [2.45, 2.75) is 33.9 Å². The average Bonchev–Trinajstić information content (AvgIpc) is 2.91. The molecule has 0 saturated heterocycles. The Morgan fingerprint density at radius 2 is 1.96 bits per heavy atom. The van der Waals surface area contributed by atoms with Crippen LogP contribution < -0.4 is 5.63 Å². The summed E-state index contributed by atoms with van der Waals surface area (Å²) in [6, 6.07) is 7.68. The van der Waals surface area contributed by atoms with Crippen LogP contribution in [0.3, 0.4) is 0 Å². The van der Waals surface area contributed by atoms with E-state index in [1.165, 1.54) is 11.6 Å². The summed E-state index contributed by atoms with van der Waals surface area (Å²) in [5, 5.41) is 5.25. The minimum atomic E-state index is -0.295. The summed E-state index contributed by atoms with van der Waals surface area (Å²) in [5.74, 6) is 0.567. The number of benzene rings is 1. The van der Waals surface area contributed by atoms with E-state index in [1.807, 2.05) is 37.0 Å². The fourth-order valence-electron chi connectivity index (χ4n) is 3.24. The Morgan fingerprint density at radius 3 is 2.64 bits per heavy atom. The van der Waals surface area contributed by atoms with Crippen molar-refractivity contribution in [2.24, 2.45) is 13.0 Å². The molecule has 3 aromatic rings. The van der Waals surface area contributed by atoms with E-state index in [2.05, 4.69) is 36.1 Å². The number of hydrogen-bond acceptors (Lipinski definition) is 4. The molecular formula is C20H25N3O2. The summed E-state index contributed by atoms with van der Waals surface area (Å²) in [4.78, 5) is 14.0. The first kappa shape index (κ1) is 17.4. The van der Waals surface area contributed by atoms with Gasteiger partial charge in [-0.1, -0.05) is 26.0 Å². The molecule has 0 unspecified atom stereocenters. The van der Waals surface area contributed by atoms with E-state index in [9.17, 15) is 4.79 Å². The molecule has 0 saturated carbocycles. The molecule has 0 aliphatic heterocycles. The van der Waals surface area contributed by atoms with Gasteiger partial charge in [-0.3, -0.25) is 9.58 Å². The number of fused-ring (bicyclic) bond motifs is 1. The summed E-state index contributed by atoms with van der Waals surface area (Å²) >= 11 is 0. The smallest absolute Gasteiger partial charge is 0.336 e. The minimum Gasteiger partial charge on any atom is -0.423 e. The highest BCUT2D eigenvalue weighted by atomic mass is 16.4. The van der Waals surface area contributed by atoms with E-state index >= 15 is 0 Å². The largest absolute Gasteiger partial charge is 0.423 e. The lowest BCUT2D eigenvalue weighted by molar-refractivity contribution is 0.227. The molecule has 2 aromatic heterocycles. The molecule has 0 aliphatic carbocycles. The lowest BCUT2D eigenvalue weighted by atomic mass is 10.1. The predicted molar refractivity (Wildman–Crippen MR) is 99.4 cm³/mol. The van der Waals surface area contributed by atoms with Crippen LogP contribution in [0, 0.1) is 12.8 Å².